The van der Waals surface area contributed by atoms with E-state index in [2.05, 4.69) is 22.0 Å². The van der Waals surface area contributed by atoms with Crippen molar-refractivity contribution >= 4 is 15.9 Å². The minimum Gasteiger partial charge on any atom is -0.496 e. The number of rotatable bonds is 3. The Balaban J connectivity index is 3.51. The monoisotopic (exact) mass is 286 g/mol. The molecule has 1 aromatic rings. The predicted molar refractivity (Wildman–Crippen MR) is 70.3 cm³/mol. The highest BCUT2D eigenvalue weighted by atomic mass is 79.9. The lowest BCUT2D eigenvalue weighted by Gasteiger charge is -2.27. The molecule has 0 heterocycles. The van der Waals surface area contributed by atoms with E-state index >= 15 is 0 Å². The summed E-state index contributed by atoms with van der Waals surface area (Å²) in [6, 6.07) is 2.08. The van der Waals surface area contributed by atoms with Gasteiger partial charge in [0.2, 0.25) is 0 Å². The molecule has 1 aromatic carbocycles. The van der Waals surface area contributed by atoms with E-state index in [1.54, 1.807) is 7.11 Å². The van der Waals surface area contributed by atoms with Gasteiger partial charge in [0.25, 0.3) is 0 Å². The number of methoxy groups -OCH3 is 1. The molecule has 0 aliphatic carbocycles. The molecule has 90 valence electrons. The van der Waals surface area contributed by atoms with Gasteiger partial charge in [0, 0.05) is 21.0 Å². The van der Waals surface area contributed by atoms with Crippen LogP contribution in [-0.4, -0.2) is 18.8 Å². The lowest BCUT2D eigenvalue weighted by atomic mass is 9.83. The molecule has 0 atom stereocenters. The molecule has 0 radical (unpaired) electrons. The van der Waals surface area contributed by atoms with Gasteiger partial charge in [-0.05, 0) is 19.4 Å². The molecule has 0 aliphatic rings. The van der Waals surface area contributed by atoms with Gasteiger partial charge in [0.05, 0.1) is 13.7 Å². The molecule has 0 amide bonds. The highest BCUT2D eigenvalue weighted by molar-refractivity contribution is 9.10. The Labute approximate surface area is 106 Å². The fourth-order valence-electron chi connectivity index (χ4n) is 1.79. The van der Waals surface area contributed by atoms with Gasteiger partial charge >= 0.3 is 0 Å². The van der Waals surface area contributed by atoms with Crippen molar-refractivity contribution in [2.75, 3.05) is 13.7 Å². The van der Waals surface area contributed by atoms with Gasteiger partial charge in [-0.2, -0.15) is 0 Å². The molecule has 0 aliphatic heterocycles. The van der Waals surface area contributed by atoms with E-state index in [0.29, 0.717) is 0 Å². The minimum atomic E-state index is -0.290. The molecule has 1 rings (SSSR count). The summed E-state index contributed by atoms with van der Waals surface area (Å²) in [4.78, 5) is 0. The van der Waals surface area contributed by atoms with Gasteiger partial charge in [-0.15, -0.1) is 0 Å². The molecule has 1 N–H and O–H groups in total. The number of hydrogen-bond donors (Lipinski definition) is 1. The van der Waals surface area contributed by atoms with Gasteiger partial charge in [-0.25, -0.2) is 0 Å². The summed E-state index contributed by atoms with van der Waals surface area (Å²) in [5.74, 6) is 0.858. The van der Waals surface area contributed by atoms with Crippen LogP contribution in [0.4, 0.5) is 0 Å². The first kappa shape index (κ1) is 13.5. The predicted octanol–water partition coefficient (Wildman–Crippen LogP) is 3.34. The van der Waals surface area contributed by atoms with Crippen LogP contribution >= 0.6 is 15.9 Å². The number of halogens is 1. The van der Waals surface area contributed by atoms with E-state index in [1.165, 1.54) is 0 Å². The van der Waals surface area contributed by atoms with Gasteiger partial charge in [-0.3, -0.25) is 0 Å². The third-order valence-corrected chi connectivity index (χ3v) is 4.17. The summed E-state index contributed by atoms with van der Waals surface area (Å²) in [6.45, 7) is 8.19. The topological polar surface area (TPSA) is 29.5 Å². The van der Waals surface area contributed by atoms with E-state index in [9.17, 15) is 5.11 Å². The quantitative estimate of drug-likeness (QED) is 0.924. The lowest BCUT2D eigenvalue weighted by molar-refractivity contribution is 0.214. The molecule has 0 saturated heterocycles. The Kier molecular flexibility index (Phi) is 4.02. The molecule has 0 aromatic heterocycles. The molecular formula is C13H19BrO2. The van der Waals surface area contributed by atoms with E-state index < -0.39 is 0 Å². The van der Waals surface area contributed by atoms with Crippen LogP contribution in [0.15, 0.2) is 10.5 Å². The van der Waals surface area contributed by atoms with Crippen LogP contribution in [0.5, 0.6) is 5.75 Å². The highest BCUT2D eigenvalue weighted by Gasteiger charge is 2.26. The van der Waals surface area contributed by atoms with Gasteiger partial charge in [0.1, 0.15) is 5.75 Å². The first-order valence-corrected chi connectivity index (χ1v) is 6.09. The number of aliphatic hydroxyl groups excluding tert-OH is 1. The molecule has 3 heteroatoms. The summed E-state index contributed by atoms with van der Waals surface area (Å²) in [5.41, 5.74) is 3.01. The van der Waals surface area contributed by atoms with E-state index in [4.69, 9.17) is 4.74 Å². The standard InChI is InChI=1S/C13H19BrO2/c1-8-6-10(13(3,4)7-15)12(16-5)9(2)11(8)14/h6,15H,7H2,1-5H3. The number of aliphatic hydroxyl groups is 1. The van der Waals surface area contributed by atoms with Gasteiger partial charge in [-0.1, -0.05) is 35.8 Å². The van der Waals surface area contributed by atoms with Crippen molar-refractivity contribution in [2.24, 2.45) is 0 Å². The summed E-state index contributed by atoms with van der Waals surface area (Å²) in [7, 11) is 1.67. The molecule has 2 nitrogen and oxygen atoms in total. The van der Waals surface area contributed by atoms with Crippen molar-refractivity contribution in [3.05, 3.63) is 27.2 Å². The Bertz CT molecular complexity index is 397. The molecule has 0 unspecified atom stereocenters. The summed E-state index contributed by atoms with van der Waals surface area (Å²) >= 11 is 3.55. The molecule has 0 fully saturated rings. The van der Waals surface area contributed by atoms with Gasteiger partial charge in [0.15, 0.2) is 0 Å². The van der Waals surface area contributed by atoms with Crippen LogP contribution in [0.2, 0.25) is 0 Å². The molecule has 16 heavy (non-hydrogen) atoms. The van der Waals surface area contributed by atoms with Crippen molar-refractivity contribution in [3.63, 3.8) is 0 Å². The minimum absolute atomic E-state index is 0.101. The second-order valence-electron chi connectivity index (χ2n) is 4.76. The zero-order chi connectivity index (χ0) is 12.5. The molecule has 0 saturated carbocycles. The third kappa shape index (κ3) is 2.25. The average Bonchev–Trinajstić information content (AvgIpc) is 2.25. The van der Waals surface area contributed by atoms with Crippen LogP contribution in [0, 0.1) is 13.8 Å². The first-order chi connectivity index (χ1) is 7.35. The van der Waals surface area contributed by atoms with Crippen LogP contribution in [0.1, 0.15) is 30.5 Å². The third-order valence-electron chi connectivity index (χ3n) is 2.95. The Morgan fingerprint density at radius 1 is 1.38 bits per heavy atom. The number of hydrogen-bond acceptors (Lipinski definition) is 2. The Hall–Kier alpha value is -0.540. The zero-order valence-electron chi connectivity index (χ0n) is 10.5. The number of ether oxygens (including phenoxy) is 1. The van der Waals surface area contributed by atoms with Crippen molar-refractivity contribution in [3.8, 4) is 5.75 Å². The van der Waals surface area contributed by atoms with Crippen LogP contribution in [0.3, 0.4) is 0 Å². The van der Waals surface area contributed by atoms with Gasteiger partial charge < -0.3 is 9.84 Å². The summed E-state index contributed by atoms with van der Waals surface area (Å²) in [5, 5.41) is 9.45. The van der Waals surface area contributed by atoms with Crippen molar-refractivity contribution < 1.29 is 9.84 Å². The van der Waals surface area contributed by atoms with Crippen molar-refractivity contribution in [1.29, 1.82) is 0 Å². The maximum Gasteiger partial charge on any atom is 0.126 e. The van der Waals surface area contributed by atoms with Crippen LogP contribution in [-0.2, 0) is 5.41 Å². The average molecular weight is 287 g/mol. The maximum atomic E-state index is 9.45. The van der Waals surface area contributed by atoms with Crippen LogP contribution < -0.4 is 4.74 Å². The Morgan fingerprint density at radius 2 is 1.94 bits per heavy atom. The maximum absolute atomic E-state index is 9.45. The zero-order valence-corrected chi connectivity index (χ0v) is 12.1. The SMILES string of the molecule is COc1c(C(C)(C)CO)cc(C)c(Br)c1C. The summed E-state index contributed by atoms with van der Waals surface area (Å²) in [6.07, 6.45) is 0. The second-order valence-corrected chi connectivity index (χ2v) is 5.55. The molecule has 0 bridgehead atoms. The number of benzene rings is 1. The fraction of sp³-hybridized carbons (Fsp3) is 0.538. The van der Waals surface area contributed by atoms with Crippen molar-refractivity contribution in [2.45, 2.75) is 33.1 Å². The smallest absolute Gasteiger partial charge is 0.126 e. The molecular weight excluding hydrogens is 268 g/mol. The number of aryl methyl sites for hydroxylation is 1. The largest absolute Gasteiger partial charge is 0.496 e. The second kappa shape index (κ2) is 4.76. The molecule has 0 spiro atoms. The van der Waals surface area contributed by atoms with E-state index in [0.717, 1.165) is 26.9 Å². The summed E-state index contributed by atoms with van der Waals surface area (Å²) < 4.78 is 6.53. The first-order valence-electron chi connectivity index (χ1n) is 5.30. The Morgan fingerprint density at radius 3 is 2.38 bits per heavy atom. The lowest BCUT2D eigenvalue weighted by Crippen LogP contribution is -2.23. The van der Waals surface area contributed by atoms with E-state index in [-0.39, 0.29) is 12.0 Å². The van der Waals surface area contributed by atoms with Crippen molar-refractivity contribution in [1.82, 2.24) is 0 Å². The highest BCUT2D eigenvalue weighted by Crippen LogP contribution is 2.39. The fourth-order valence-corrected chi connectivity index (χ4v) is 2.09. The normalized spacial score (nSPS) is 11.7. The van der Waals surface area contributed by atoms with E-state index in [1.807, 2.05) is 27.7 Å². The van der Waals surface area contributed by atoms with Crippen LogP contribution in [0.25, 0.3) is 0 Å².